The van der Waals surface area contributed by atoms with Gasteiger partial charge in [-0.25, -0.2) is 0 Å². The van der Waals surface area contributed by atoms with E-state index in [-0.39, 0.29) is 17.7 Å². The molecule has 0 radical (unpaired) electrons. The summed E-state index contributed by atoms with van der Waals surface area (Å²) in [7, 11) is 0. The Balaban J connectivity index is 1.75. The van der Waals surface area contributed by atoms with Crippen molar-refractivity contribution in [3.63, 3.8) is 0 Å². The molecule has 5 nitrogen and oxygen atoms in total. The van der Waals surface area contributed by atoms with Crippen LogP contribution in [0, 0.1) is 0 Å². The molecule has 2 aromatic rings. The minimum absolute atomic E-state index is 0.199. The second-order valence-corrected chi connectivity index (χ2v) is 6.92. The van der Waals surface area contributed by atoms with Crippen molar-refractivity contribution in [2.45, 2.75) is 19.3 Å². The summed E-state index contributed by atoms with van der Waals surface area (Å²) in [6, 6.07) is 11.6. The Labute approximate surface area is 158 Å². The average molecular weight is 422 g/mol. The molecule has 0 unspecified atom stereocenters. The highest BCUT2D eigenvalue weighted by Gasteiger charge is 2.27. The quantitative estimate of drug-likeness (QED) is 0.747. The van der Waals surface area contributed by atoms with Crippen molar-refractivity contribution in [2.75, 3.05) is 10.2 Å². The monoisotopic (exact) mass is 420 g/mol. The molecule has 3 amide bonds. The van der Waals surface area contributed by atoms with Crippen molar-refractivity contribution >= 4 is 56.6 Å². The van der Waals surface area contributed by atoms with E-state index >= 15 is 0 Å². The van der Waals surface area contributed by atoms with E-state index in [1.54, 1.807) is 42.5 Å². The van der Waals surface area contributed by atoms with Gasteiger partial charge in [0.1, 0.15) is 0 Å². The van der Waals surface area contributed by atoms with Crippen molar-refractivity contribution in [3.8, 4) is 0 Å². The van der Waals surface area contributed by atoms with Crippen LogP contribution in [0.2, 0.25) is 5.02 Å². The zero-order valence-electron chi connectivity index (χ0n) is 13.1. The third-order valence-electron chi connectivity index (χ3n) is 3.84. The van der Waals surface area contributed by atoms with Gasteiger partial charge in [-0.3, -0.25) is 19.3 Å². The number of carbonyl (C=O) groups is 3. The summed E-state index contributed by atoms with van der Waals surface area (Å²) in [5, 5.41) is 3.08. The van der Waals surface area contributed by atoms with Gasteiger partial charge in [-0.1, -0.05) is 27.5 Å². The third-order valence-corrected chi connectivity index (χ3v) is 4.65. The van der Waals surface area contributed by atoms with E-state index in [0.717, 1.165) is 4.47 Å². The zero-order valence-corrected chi connectivity index (χ0v) is 15.4. The Bertz CT molecular complexity index is 836. The number of benzene rings is 2. The summed E-state index contributed by atoms with van der Waals surface area (Å²) >= 11 is 9.37. The standard InChI is InChI=1S/C18H14BrClN2O3/c19-11-4-9-14(15(20)10-11)18(25)21-12-5-7-13(8-6-12)22-16(23)2-1-3-17(22)24/h4-10H,1-3H2,(H,21,25). The number of nitrogens with one attached hydrogen (secondary N) is 1. The van der Waals surface area contributed by atoms with Crippen molar-refractivity contribution < 1.29 is 14.4 Å². The van der Waals surface area contributed by atoms with Crippen molar-refractivity contribution in [1.29, 1.82) is 0 Å². The minimum Gasteiger partial charge on any atom is -0.322 e. The van der Waals surface area contributed by atoms with Crippen LogP contribution in [-0.4, -0.2) is 17.7 Å². The molecule has 1 fully saturated rings. The number of anilines is 2. The Hall–Kier alpha value is -2.18. The predicted octanol–water partition coefficient (Wildman–Crippen LogP) is 4.40. The molecule has 2 aromatic carbocycles. The molecule has 0 aliphatic carbocycles. The number of imide groups is 1. The molecule has 0 spiro atoms. The largest absolute Gasteiger partial charge is 0.322 e. The maximum atomic E-state index is 12.3. The fourth-order valence-corrected chi connectivity index (χ4v) is 3.37. The highest BCUT2D eigenvalue weighted by Crippen LogP contribution is 2.25. The van der Waals surface area contributed by atoms with Gasteiger partial charge in [-0.05, 0) is 48.9 Å². The van der Waals surface area contributed by atoms with E-state index < -0.39 is 0 Å². The molecule has 3 rings (SSSR count). The van der Waals surface area contributed by atoms with Crippen LogP contribution in [-0.2, 0) is 9.59 Å². The number of halogens is 2. The average Bonchev–Trinajstić information content (AvgIpc) is 2.56. The SMILES string of the molecule is O=C(Nc1ccc(N2C(=O)CCCC2=O)cc1)c1ccc(Br)cc1Cl. The summed E-state index contributed by atoms with van der Waals surface area (Å²) in [5.74, 6) is -0.736. The zero-order chi connectivity index (χ0) is 18.0. The maximum absolute atomic E-state index is 12.3. The first kappa shape index (κ1) is 17.6. The van der Waals surface area contributed by atoms with Gasteiger partial charge in [0.2, 0.25) is 11.8 Å². The van der Waals surface area contributed by atoms with E-state index in [9.17, 15) is 14.4 Å². The van der Waals surface area contributed by atoms with Crippen LogP contribution in [0.1, 0.15) is 29.6 Å². The molecular weight excluding hydrogens is 408 g/mol. The Morgan fingerprint density at radius 3 is 2.28 bits per heavy atom. The van der Waals surface area contributed by atoms with Gasteiger partial charge in [-0.15, -0.1) is 0 Å². The first-order valence-electron chi connectivity index (χ1n) is 7.68. The lowest BCUT2D eigenvalue weighted by Crippen LogP contribution is -2.40. The summed E-state index contributed by atoms with van der Waals surface area (Å²) in [6.45, 7) is 0. The lowest BCUT2D eigenvalue weighted by Gasteiger charge is -2.25. The number of nitrogens with zero attached hydrogens (tertiary/aromatic N) is 1. The number of carbonyl (C=O) groups excluding carboxylic acids is 3. The normalized spacial score (nSPS) is 14.6. The second-order valence-electron chi connectivity index (χ2n) is 5.60. The number of hydrogen-bond acceptors (Lipinski definition) is 3. The molecule has 7 heteroatoms. The lowest BCUT2D eigenvalue weighted by molar-refractivity contribution is -0.129. The number of piperidine rings is 1. The third kappa shape index (κ3) is 3.91. The number of rotatable bonds is 3. The van der Waals surface area contributed by atoms with Gasteiger partial charge < -0.3 is 5.32 Å². The van der Waals surface area contributed by atoms with E-state index in [2.05, 4.69) is 21.2 Å². The molecule has 128 valence electrons. The van der Waals surface area contributed by atoms with Crippen LogP contribution in [0.15, 0.2) is 46.9 Å². The van der Waals surface area contributed by atoms with E-state index in [1.807, 2.05) is 0 Å². The maximum Gasteiger partial charge on any atom is 0.257 e. The molecule has 1 N–H and O–H groups in total. The molecule has 0 aromatic heterocycles. The van der Waals surface area contributed by atoms with Crippen LogP contribution in [0.25, 0.3) is 0 Å². The van der Waals surface area contributed by atoms with Gasteiger partial charge in [0, 0.05) is 23.0 Å². The van der Waals surface area contributed by atoms with E-state index in [4.69, 9.17) is 11.6 Å². The topological polar surface area (TPSA) is 66.5 Å². The van der Waals surface area contributed by atoms with Crippen LogP contribution >= 0.6 is 27.5 Å². The molecule has 1 aliphatic heterocycles. The van der Waals surface area contributed by atoms with E-state index in [0.29, 0.717) is 41.2 Å². The molecule has 1 aliphatic rings. The molecule has 1 saturated heterocycles. The first-order valence-corrected chi connectivity index (χ1v) is 8.85. The molecule has 25 heavy (non-hydrogen) atoms. The van der Waals surface area contributed by atoms with Crippen LogP contribution < -0.4 is 10.2 Å². The summed E-state index contributed by atoms with van der Waals surface area (Å²) in [4.78, 5) is 37.4. The highest BCUT2D eigenvalue weighted by molar-refractivity contribution is 9.10. The predicted molar refractivity (Wildman–Crippen MR) is 99.9 cm³/mol. The number of hydrogen-bond donors (Lipinski definition) is 1. The van der Waals surface area contributed by atoms with Crippen molar-refractivity contribution in [1.82, 2.24) is 0 Å². The van der Waals surface area contributed by atoms with Gasteiger partial charge in [0.25, 0.3) is 5.91 Å². The molecular formula is C18H14BrClN2O3. The van der Waals surface area contributed by atoms with Crippen LogP contribution in [0.5, 0.6) is 0 Å². The molecule has 0 bridgehead atoms. The first-order chi connectivity index (χ1) is 12.0. The summed E-state index contributed by atoms with van der Waals surface area (Å²) in [5.41, 5.74) is 1.41. The minimum atomic E-state index is -0.338. The summed E-state index contributed by atoms with van der Waals surface area (Å²) < 4.78 is 0.786. The van der Waals surface area contributed by atoms with Crippen LogP contribution in [0.3, 0.4) is 0 Å². The van der Waals surface area contributed by atoms with Crippen molar-refractivity contribution in [3.05, 3.63) is 57.5 Å². The lowest BCUT2D eigenvalue weighted by atomic mass is 10.1. The van der Waals surface area contributed by atoms with Gasteiger partial charge in [0.15, 0.2) is 0 Å². The summed E-state index contributed by atoms with van der Waals surface area (Å²) in [6.07, 6.45) is 1.33. The van der Waals surface area contributed by atoms with Gasteiger partial charge in [-0.2, -0.15) is 0 Å². The van der Waals surface area contributed by atoms with Crippen LogP contribution in [0.4, 0.5) is 11.4 Å². The Kier molecular flexibility index (Phi) is 5.20. The molecule has 1 heterocycles. The fraction of sp³-hybridized carbons (Fsp3) is 0.167. The van der Waals surface area contributed by atoms with Crippen molar-refractivity contribution in [2.24, 2.45) is 0 Å². The molecule has 0 saturated carbocycles. The Morgan fingerprint density at radius 2 is 1.68 bits per heavy atom. The highest BCUT2D eigenvalue weighted by atomic mass is 79.9. The van der Waals surface area contributed by atoms with Gasteiger partial charge in [0.05, 0.1) is 16.3 Å². The number of amides is 3. The fourth-order valence-electron chi connectivity index (χ4n) is 2.61. The Morgan fingerprint density at radius 1 is 1.04 bits per heavy atom. The smallest absolute Gasteiger partial charge is 0.257 e. The molecule has 0 atom stereocenters. The van der Waals surface area contributed by atoms with Gasteiger partial charge >= 0.3 is 0 Å². The van der Waals surface area contributed by atoms with E-state index in [1.165, 1.54) is 4.90 Å². The second kappa shape index (κ2) is 7.37.